The second kappa shape index (κ2) is 7.37. The highest BCUT2D eigenvalue weighted by Crippen LogP contribution is 2.09. The molecular formula is C11H19N3O2S. The molecule has 0 fully saturated rings. The third-order valence-electron chi connectivity index (χ3n) is 2.30. The number of nitrogens with two attached hydrogens (primary N) is 1. The second-order valence-electron chi connectivity index (χ2n) is 3.75. The summed E-state index contributed by atoms with van der Waals surface area (Å²) in [6.45, 7) is 2.96. The minimum atomic E-state index is -0.156. The van der Waals surface area contributed by atoms with E-state index in [0.717, 1.165) is 17.8 Å². The van der Waals surface area contributed by atoms with E-state index < -0.39 is 0 Å². The molecule has 17 heavy (non-hydrogen) atoms. The fraction of sp³-hybridized carbons (Fsp3) is 0.636. The molecule has 0 spiro atoms. The van der Waals surface area contributed by atoms with E-state index in [4.69, 9.17) is 10.5 Å². The van der Waals surface area contributed by atoms with Gasteiger partial charge in [-0.2, -0.15) is 0 Å². The fourth-order valence-electron chi connectivity index (χ4n) is 1.52. The van der Waals surface area contributed by atoms with Gasteiger partial charge < -0.3 is 15.8 Å². The number of rotatable bonds is 7. The lowest BCUT2D eigenvalue weighted by Crippen LogP contribution is -2.38. The maximum absolute atomic E-state index is 11.9. The van der Waals surface area contributed by atoms with Crippen molar-refractivity contribution in [3.05, 3.63) is 16.1 Å². The van der Waals surface area contributed by atoms with Crippen molar-refractivity contribution in [2.24, 2.45) is 5.73 Å². The van der Waals surface area contributed by atoms with Gasteiger partial charge in [-0.15, -0.1) is 11.3 Å². The van der Waals surface area contributed by atoms with Gasteiger partial charge in [-0.25, -0.2) is 4.98 Å². The van der Waals surface area contributed by atoms with Gasteiger partial charge in [0.1, 0.15) is 10.7 Å². The number of ether oxygens (including phenoxy) is 1. The van der Waals surface area contributed by atoms with Crippen molar-refractivity contribution in [2.75, 3.05) is 13.7 Å². The molecule has 6 heteroatoms. The summed E-state index contributed by atoms with van der Waals surface area (Å²) in [5, 5.41) is 5.41. The number of nitrogens with one attached hydrogen (secondary N) is 1. The Morgan fingerprint density at radius 2 is 2.47 bits per heavy atom. The first-order chi connectivity index (χ1) is 8.21. The predicted octanol–water partition coefficient (Wildman–Crippen LogP) is 1.15. The summed E-state index contributed by atoms with van der Waals surface area (Å²) in [6.07, 6.45) is 1.90. The number of aromatic nitrogens is 1. The third kappa shape index (κ3) is 4.41. The smallest absolute Gasteiger partial charge is 0.271 e. The Morgan fingerprint density at radius 3 is 3.00 bits per heavy atom. The zero-order chi connectivity index (χ0) is 12.7. The van der Waals surface area contributed by atoms with Crippen LogP contribution in [0.1, 0.15) is 35.3 Å². The lowest BCUT2D eigenvalue weighted by molar-refractivity contribution is 0.0887. The van der Waals surface area contributed by atoms with Crippen LogP contribution in [0.3, 0.4) is 0 Å². The molecule has 0 aliphatic carbocycles. The van der Waals surface area contributed by atoms with E-state index in [1.165, 1.54) is 11.3 Å². The summed E-state index contributed by atoms with van der Waals surface area (Å²) in [6, 6.07) is 0.0422. The molecule has 1 aromatic rings. The SMILES string of the molecule is CCCC(COC)NC(=O)c1csc(CN)n1. The molecule has 1 unspecified atom stereocenters. The molecule has 0 radical (unpaired) electrons. The van der Waals surface area contributed by atoms with Gasteiger partial charge in [-0.3, -0.25) is 4.79 Å². The molecule has 1 rings (SSSR count). The third-order valence-corrected chi connectivity index (χ3v) is 3.17. The molecule has 1 amide bonds. The number of hydrogen-bond acceptors (Lipinski definition) is 5. The van der Waals surface area contributed by atoms with Gasteiger partial charge >= 0.3 is 0 Å². The fourth-order valence-corrected chi connectivity index (χ4v) is 2.17. The van der Waals surface area contributed by atoms with E-state index in [0.29, 0.717) is 18.8 Å². The van der Waals surface area contributed by atoms with Crippen LogP contribution >= 0.6 is 11.3 Å². The van der Waals surface area contributed by atoms with Gasteiger partial charge in [-0.1, -0.05) is 13.3 Å². The average molecular weight is 257 g/mol. The molecule has 96 valence electrons. The van der Waals surface area contributed by atoms with Gasteiger partial charge in [0, 0.05) is 19.0 Å². The number of amides is 1. The Hall–Kier alpha value is -0.980. The largest absolute Gasteiger partial charge is 0.383 e. The van der Waals surface area contributed by atoms with Crippen molar-refractivity contribution >= 4 is 17.2 Å². The van der Waals surface area contributed by atoms with Crippen LogP contribution in [-0.4, -0.2) is 30.6 Å². The number of thiazole rings is 1. The molecule has 3 N–H and O–H groups in total. The molecule has 0 aliphatic heterocycles. The standard InChI is InChI=1S/C11H19N3O2S/c1-3-4-8(6-16-2)13-11(15)9-7-17-10(5-12)14-9/h7-8H,3-6,12H2,1-2H3,(H,13,15). The lowest BCUT2D eigenvalue weighted by Gasteiger charge is -2.16. The van der Waals surface area contributed by atoms with Gasteiger partial charge in [0.05, 0.1) is 12.6 Å². The summed E-state index contributed by atoms with van der Waals surface area (Å²) in [5.74, 6) is -0.156. The van der Waals surface area contributed by atoms with Crippen molar-refractivity contribution < 1.29 is 9.53 Å². The summed E-state index contributed by atoms with van der Waals surface area (Å²) in [7, 11) is 1.63. The van der Waals surface area contributed by atoms with Crippen molar-refractivity contribution in [3.8, 4) is 0 Å². The topological polar surface area (TPSA) is 77.2 Å². The lowest BCUT2D eigenvalue weighted by atomic mass is 10.2. The average Bonchev–Trinajstić information content (AvgIpc) is 2.78. The van der Waals surface area contributed by atoms with Crippen LogP contribution in [0, 0.1) is 0 Å². The van der Waals surface area contributed by atoms with E-state index in [9.17, 15) is 4.79 Å². The Balaban J connectivity index is 2.56. The first-order valence-corrected chi connectivity index (χ1v) is 6.53. The monoisotopic (exact) mass is 257 g/mol. The minimum absolute atomic E-state index is 0.0422. The zero-order valence-electron chi connectivity index (χ0n) is 10.2. The predicted molar refractivity (Wildman–Crippen MR) is 68.0 cm³/mol. The molecule has 5 nitrogen and oxygen atoms in total. The van der Waals surface area contributed by atoms with Gasteiger partial charge in [0.15, 0.2) is 0 Å². The van der Waals surface area contributed by atoms with Gasteiger partial charge in [0.25, 0.3) is 5.91 Å². The van der Waals surface area contributed by atoms with Gasteiger partial charge in [-0.05, 0) is 6.42 Å². The van der Waals surface area contributed by atoms with Crippen LogP contribution in [0.5, 0.6) is 0 Å². The first-order valence-electron chi connectivity index (χ1n) is 5.65. The number of carbonyl (C=O) groups excluding carboxylic acids is 1. The molecule has 0 bridgehead atoms. The molecule has 0 aliphatic rings. The molecule has 1 heterocycles. The van der Waals surface area contributed by atoms with Crippen LogP contribution < -0.4 is 11.1 Å². The molecule has 1 aromatic heterocycles. The van der Waals surface area contributed by atoms with Crippen LogP contribution in [0.15, 0.2) is 5.38 Å². The van der Waals surface area contributed by atoms with E-state index in [-0.39, 0.29) is 11.9 Å². The number of nitrogens with zero attached hydrogens (tertiary/aromatic N) is 1. The summed E-state index contributed by atoms with van der Waals surface area (Å²) >= 11 is 1.40. The van der Waals surface area contributed by atoms with Crippen LogP contribution in [0.2, 0.25) is 0 Å². The highest BCUT2D eigenvalue weighted by Gasteiger charge is 2.15. The molecule has 1 atom stereocenters. The van der Waals surface area contributed by atoms with E-state index >= 15 is 0 Å². The van der Waals surface area contributed by atoms with Crippen molar-refractivity contribution in [1.82, 2.24) is 10.3 Å². The normalized spacial score (nSPS) is 12.4. The van der Waals surface area contributed by atoms with Crippen molar-refractivity contribution in [3.63, 3.8) is 0 Å². The quantitative estimate of drug-likeness (QED) is 0.768. The Labute approximate surface area is 105 Å². The molecule has 0 aromatic carbocycles. The highest BCUT2D eigenvalue weighted by atomic mass is 32.1. The molecular weight excluding hydrogens is 238 g/mol. The van der Waals surface area contributed by atoms with E-state index in [1.807, 2.05) is 0 Å². The summed E-state index contributed by atoms with van der Waals surface area (Å²) < 4.78 is 5.07. The number of methoxy groups -OCH3 is 1. The Kier molecular flexibility index (Phi) is 6.10. The van der Waals surface area contributed by atoms with Crippen molar-refractivity contribution in [1.29, 1.82) is 0 Å². The van der Waals surface area contributed by atoms with E-state index in [1.54, 1.807) is 12.5 Å². The van der Waals surface area contributed by atoms with Gasteiger partial charge in [0.2, 0.25) is 0 Å². The summed E-state index contributed by atoms with van der Waals surface area (Å²) in [4.78, 5) is 16.0. The first kappa shape index (κ1) is 14.1. The van der Waals surface area contributed by atoms with Crippen LogP contribution in [-0.2, 0) is 11.3 Å². The zero-order valence-corrected chi connectivity index (χ0v) is 11.0. The maximum Gasteiger partial charge on any atom is 0.271 e. The number of carbonyl (C=O) groups is 1. The second-order valence-corrected chi connectivity index (χ2v) is 4.69. The highest BCUT2D eigenvalue weighted by molar-refractivity contribution is 7.09. The number of hydrogen-bond donors (Lipinski definition) is 2. The van der Waals surface area contributed by atoms with Crippen molar-refractivity contribution in [2.45, 2.75) is 32.4 Å². The Bertz CT molecular complexity index is 348. The van der Waals surface area contributed by atoms with E-state index in [2.05, 4.69) is 17.2 Å². The van der Waals surface area contributed by atoms with Crippen LogP contribution in [0.25, 0.3) is 0 Å². The summed E-state index contributed by atoms with van der Waals surface area (Å²) in [5.41, 5.74) is 5.89. The minimum Gasteiger partial charge on any atom is -0.383 e. The van der Waals surface area contributed by atoms with Crippen LogP contribution in [0.4, 0.5) is 0 Å². The maximum atomic E-state index is 11.9. The Morgan fingerprint density at radius 1 is 1.71 bits per heavy atom. The molecule has 0 saturated carbocycles. The molecule has 0 saturated heterocycles.